The standard InChI is InChI=1S/C14H10BrN3O3/c1-8-6-11(15)21-12(8)13(19)17-10-4-2-9(3-5-10)14-18-16-7-20-14/h2-7H,1H3,(H,17,19). The first-order chi connectivity index (χ1) is 10.1. The molecule has 3 rings (SSSR count). The van der Waals surface area contributed by atoms with Crippen LogP contribution < -0.4 is 5.32 Å². The Bertz CT molecular complexity index is 763. The summed E-state index contributed by atoms with van der Waals surface area (Å²) in [4.78, 5) is 12.1. The molecule has 6 nitrogen and oxygen atoms in total. The maximum absolute atomic E-state index is 12.1. The summed E-state index contributed by atoms with van der Waals surface area (Å²) in [6.07, 6.45) is 1.27. The van der Waals surface area contributed by atoms with E-state index in [0.717, 1.165) is 11.1 Å². The summed E-state index contributed by atoms with van der Waals surface area (Å²) >= 11 is 3.20. The average molecular weight is 348 g/mol. The maximum atomic E-state index is 12.1. The molecule has 0 aliphatic heterocycles. The predicted octanol–water partition coefficient (Wildman–Crippen LogP) is 3.65. The molecule has 1 N–H and O–H groups in total. The topological polar surface area (TPSA) is 81.2 Å². The molecule has 0 atom stereocenters. The number of benzene rings is 1. The van der Waals surface area contributed by atoms with E-state index in [4.69, 9.17) is 8.83 Å². The lowest BCUT2D eigenvalue weighted by molar-refractivity contribution is 0.0994. The van der Waals surface area contributed by atoms with Gasteiger partial charge in [-0.05, 0) is 53.2 Å². The highest BCUT2D eigenvalue weighted by Gasteiger charge is 2.15. The molecule has 0 spiro atoms. The second-order valence-corrected chi connectivity index (χ2v) is 5.12. The highest BCUT2D eigenvalue weighted by Crippen LogP contribution is 2.22. The van der Waals surface area contributed by atoms with Crippen molar-refractivity contribution in [3.05, 3.63) is 52.7 Å². The summed E-state index contributed by atoms with van der Waals surface area (Å²) in [5, 5.41) is 10.2. The summed E-state index contributed by atoms with van der Waals surface area (Å²) in [6.45, 7) is 1.81. The third-order valence-corrected chi connectivity index (χ3v) is 3.23. The molecule has 1 aromatic carbocycles. The molecule has 0 fully saturated rings. The summed E-state index contributed by atoms with van der Waals surface area (Å²) in [6, 6.07) is 8.82. The Balaban J connectivity index is 1.76. The third kappa shape index (κ3) is 2.87. The van der Waals surface area contributed by atoms with Crippen LogP contribution >= 0.6 is 15.9 Å². The zero-order valence-electron chi connectivity index (χ0n) is 11.0. The number of amides is 1. The van der Waals surface area contributed by atoms with E-state index < -0.39 is 0 Å². The molecule has 7 heteroatoms. The fraction of sp³-hybridized carbons (Fsp3) is 0.0714. The van der Waals surface area contributed by atoms with Gasteiger partial charge in [0.1, 0.15) is 0 Å². The van der Waals surface area contributed by atoms with Gasteiger partial charge in [0.05, 0.1) is 0 Å². The lowest BCUT2D eigenvalue weighted by Gasteiger charge is -2.04. The lowest BCUT2D eigenvalue weighted by Crippen LogP contribution is -2.11. The zero-order valence-corrected chi connectivity index (χ0v) is 12.5. The minimum absolute atomic E-state index is 0.280. The van der Waals surface area contributed by atoms with Crippen molar-refractivity contribution in [3.8, 4) is 11.5 Å². The smallest absolute Gasteiger partial charge is 0.291 e. The highest BCUT2D eigenvalue weighted by molar-refractivity contribution is 9.10. The van der Waals surface area contributed by atoms with Crippen molar-refractivity contribution in [2.75, 3.05) is 5.32 Å². The molecule has 0 radical (unpaired) electrons. The van der Waals surface area contributed by atoms with E-state index in [1.165, 1.54) is 6.39 Å². The number of carbonyl (C=O) groups excluding carboxylic acids is 1. The molecule has 21 heavy (non-hydrogen) atoms. The first kappa shape index (κ1) is 13.6. The largest absolute Gasteiger partial charge is 0.444 e. The van der Waals surface area contributed by atoms with E-state index in [1.54, 1.807) is 30.3 Å². The van der Waals surface area contributed by atoms with Crippen LogP contribution in [0.1, 0.15) is 16.1 Å². The van der Waals surface area contributed by atoms with E-state index in [2.05, 4.69) is 31.4 Å². The summed E-state index contributed by atoms with van der Waals surface area (Å²) in [5.41, 5.74) is 2.19. The molecule has 0 saturated carbocycles. The molecule has 0 unspecified atom stereocenters. The first-order valence-electron chi connectivity index (χ1n) is 6.07. The monoisotopic (exact) mass is 347 g/mol. The Morgan fingerprint density at radius 2 is 2.05 bits per heavy atom. The Labute approximate surface area is 128 Å². The van der Waals surface area contributed by atoms with Gasteiger partial charge < -0.3 is 14.2 Å². The maximum Gasteiger partial charge on any atom is 0.291 e. The number of aryl methyl sites for hydroxylation is 1. The van der Waals surface area contributed by atoms with E-state index in [-0.39, 0.29) is 11.7 Å². The predicted molar refractivity (Wildman–Crippen MR) is 78.8 cm³/mol. The van der Waals surface area contributed by atoms with E-state index >= 15 is 0 Å². The van der Waals surface area contributed by atoms with Gasteiger partial charge in [0.2, 0.25) is 12.3 Å². The van der Waals surface area contributed by atoms with Gasteiger partial charge >= 0.3 is 0 Å². The molecule has 2 heterocycles. The molecule has 1 amide bonds. The van der Waals surface area contributed by atoms with Crippen molar-refractivity contribution < 1.29 is 13.6 Å². The average Bonchev–Trinajstić information content (AvgIpc) is 3.09. The van der Waals surface area contributed by atoms with Crippen molar-refractivity contribution in [3.63, 3.8) is 0 Å². The Hall–Kier alpha value is -2.41. The summed E-state index contributed by atoms with van der Waals surface area (Å²) in [5.74, 6) is 0.408. The Kier molecular flexibility index (Phi) is 3.57. The van der Waals surface area contributed by atoms with Gasteiger partial charge in [-0.2, -0.15) is 0 Å². The molecule has 0 saturated heterocycles. The number of anilines is 1. The fourth-order valence-corrected chi connectivity index (χ4v) is 2.36. The number of halogens is 1. The van der Waals surface area contributed by atoms with Crippen molar-refractivity contribution in [2.45, 2.75) is 6.92 Å². The van der Waals surface area contributed by atoms with Crippen LogP contribution in [0.15, 0.2) is 50.2 Å². The van der Waals surface area contributed by atoms with Gasteiger partial charge in [-0.25, -0.2) is 0 Å². The molecule has 0 bridgehead atoms. The quantitative estimate of drug-likeness (QED) is 0.781. The van der Waals surface area contributed by atoms with Crippen LogP contribution in [0.3, 0.4) is 0 Å². The van der Waals surface area contributed by atoms with Gasteiger partial charge in [-0.1, -0.05) is 0 Å². The van der Waals surface area contributed by atoms with Crippen LogP contribution in [0, 0.1) is 6.92 Å². The Morgan fingerprint density at radius 3 is 2.62 bits per heavy atom. The fourth-order valence-electron chi connectivity index (χ4n) is 1.85. The molecule has 106 valence electrons. The minimum Gasteiger partial charge on any atom is -0.444 e. The molecule has 3 aromatic rings. The number of aromatic nitrogens is 2. The summed E-state index contributed by atoms with van der Waals surface area (Å²) in [7, 11) is 0. The molecular formula is C14H10BrN3O3. The third-order valence-electron chi connectivity index (χ3n) is 2.84. The van der Waals surface area contributed by atoms with Crippen LogP contribution in [0.25, 0.3) is 11.5 Å². The number of furan rings is 1. The second kappa shape index (κ2) is 5.53. The van der Waals surface area contributed by atoms with E-state index in [1.807, 2.05) is 6.92 Å². The molecule has 0 aliphatic carbocycles. The van der Waals surface area contributed by atoms with Crippen LogP contribution in [0.4, 0.5) is 5.69 Å². The van der Waals surface area contributed by atoms with Crippen molar-refractivity contribution in [1.29, 1.82) is 0 Å². The van der Waals surface area contributed by atoms with Crippen LogP contribution in [-0.4, -0.2) is 16.1 Å². The van der Waals surface area contributed by atoms with Crippen molar-refractivity contribution in [1.82, 2.24) is 10.2 Å². The SMILES string of the molecule is Cc1cc(Br)oc1C(=O)Nc1ccc(-c2nnco2)cc1. The van der Waals surface area contributed by atoms with Gasteiger partial charge in [-0.3, -0.25) is 4.79 Å². The second-order valence-electron chi connectivity index (χ2n) is 4.34. The van der Waals surface area contributed by atoms with Crippen molar-refractivity contribution >= 4 is 27.5 Å². The van der Waals surface area contributed by atoms with Crippen LogP contribution in [-0.2, 0) is 0 Å². The number of nitrogens with zero attached hydrogens (tertiary/aromatic N) is 2. The zero-order chi connectivity index (χ0) is 14.8. The summed E-state index contributed by atoms with van der Waals surface area (Å²) < 4.78 is 10.9. The number of carbonyl (C=O) groups is 1. The normalized spacial score (nSPS) is 10.6. The molecule has 2 aromatic heterocycles. The minimum atomic E-state index is -0.302. The van der Waals surface area contributed by atoms with Crippen LogP contribution in [0.5, 0.6) is 0 Å². The van der Waals surface area contributed by atoms with Crippen molar-refractivity contribution in [2.24, 2.45) is 0 Å². The van der Waals surface area contributed by atoms with Gasteiger partial charge in [0.25, 0.3) is 5.91 Å². The molecular weight excluding hydrogens is 338 g/mol. The van der Waals surface area contributed by atoms with Gasteiger partial charge in [0, 0.05) is 16.8 Å². The first-order valence-corrected chi connectivity index (χ1v) is 6.86. The number of hydrogen-bond donors (Lipinski definition) is 1. The number of hydrogen-bond acceptors (Lipinski definition) is 5. The van der Waals surface area contributed by atoms with Crippen LogP contribution in [0.2, 0.25) is 0 Å². The number of nitrogens with one attached hydrogen (secondary N) is 1. The Morgan fingerprint density at radius 1 is 1.29 bits per heavy atom. The molecule has 0 aliphatic rings. The van der Waals surface area contributed by atoms with Gasteiger partial charge in [0.15, 0.2) is 10.4 Å². The number of rotatable bonds is 3. The highest BCUT2D eigenvalue weighted by atomic mass is 79.9. The van der Waals surface area contributed by atoms with E-state index in [9.17, 15) is 4.79 Å². The lowest BCUT2D eigenvalue weighted by atomic mass is 10.2. The van der Waals surface area contributed by atoms with E-state index in [0.29, 0.717) is 16.2 Å². The van der Waals surface area contributed by atoms with Gasteiger partial charge in [-0.15, -0.1) is 10.2 Å².